The fourth-order valence-corrected chi connectivity index (χ4v) is 2.69. The molecule has 0 aliphatic carbocycles. The highest BCUT2D eigenvalue weighted by molar-refractivity contribution is 9.10. The van der Waals surface area contributed by atoms with Crippen molar-refractivity contribution in [1.29, 1.82) is 0 Å². The van der Waals surface area contributed by atoms with E-state index in [2.05, 4.69) is 15.9 Å². The van der Waals surface area contributed by atoms with E-state index in [0.29, 0.717) is 16.5 Å². The van der Waals surface area contributed by atoms with Crippen LogP contribution in [0.3, 0.4) is 0 Å². The van der Waals surface area contributed by atoms with E-state index >= 15 is 0 Å². The van der Waals surface area contributed by atoms with Crippen molar-refractivity contribution in [2.75, 3.05) is 0 Å². The summed E-state index contributed by atoms with van der Waals surface area (Å²) in [7, 11) is 0. The maximum atomic E-state index is 13.8. The Hall–Kier alpha value is -1.19. The summed E-state index contributed by atoms with van der Waals surface area (Å²) in [5, 5.41) is 10.2. The van der Waals surface area contributed by atoms with E-state index in [1.54, 1.807) is 12.1 Å². The van der Waals surface area contributed by atoms with Crippen molar-refractivity contribution >= 4 is 15.9 Å². The van der Waals surface area contributed by atoms with Crippen LogP contribution in [0.5, 0.6) is 0 Å². The summed E-state index contributed by atoms with van der Waals surface area (Å²) < 4.78 is 14.4. The fraction of sp³-hybridized carbons (Fsp3) is 0.250. The molecule has 0 spiro atoms. The second-order valence-electron chi connectivity index (χ2n) is 4.77. The molecule has 1 nitrogen and oxygen atoms in total. The predicted molar refractivity (Wildman–Crippen MR) is 78.7 cm³/mol. The average molecular weight is 323 g/mol. The van der Waals surface area contributed by atoms with E-state index in [9.17, 15) is 9.50 Å². The summed E-state index contributed by atoms with van der Waals surface area (Å²) in [6.07, 6.45) is -0.446. The highest BCUT2D eigenvalue weighted by Crippen LogP contribution is 2.28. The first-order valence-corrected chi connectivity index (χ1v) is 6.96. The fourth-order valence-electron chi connectivity index (χ4n) is 2.08. The molecule has 0 saturated carbocycles. The number of aryl methyl sites for hydroxylation is 2. The summed E-state index contributed by atoms with van der Waals surface area (Å²) in [5.74, 6) is -0.384. The van der Waals surface area contributed by atoms with Gasteiger partial charge in [-0.1, -0.05) is 40.2 Å². The van der Waals surface area contributed by atoms with Crippen LogP contribution in [0.25, 0.3) is 0 Å². The number of aliphatic hydroxyl groups excluding tert-OH is 1. The van der Waals surface area contributed by atoms with Gasteiger partial charge in [0.1, 0.15) is 5.82 Å². The lowest BCUT2D eigenvalue weighted by atomic mass is 9.98. The average Bonchev–Trinajstić information content (AvgIpc) is 2.33. The largest absolute Gasteiger partial charge is 0.388 e. The standard InChI is InChI=1S/C16H16BrFO/c1-10-6-7-12(8-11(10)2)9-15(19)16-13(17)4-3-5-14(16)18/h3-8,15,19H,9H2,1-2H3. The molecule has 2 aromatic rings. The molecular weight excluding hydrogens is 307 g/mol. The molecule has 0 fully saturated rings. The summed E-state index contributed by atoms with van der Waals surface area (Å²) >= 11 is 3.29. The predicted octanol–water partition coefficient (Wildman–Crippen LogP) is 4.48. The molecule has 0 radical (unpaired) electrons. The van der Waals surface area contributed by atoms with Crippen LogP contribution in [-0.2, 0) is 6.42 Å². The summed E-state index contributed by atoms with van der Waals surface area (Å²) in [6, 6.07) is 10.7. The lowest BCUT2D eigenvalue weighted by molar-refractivity contribution is 0.173. The smallest absolute Gasteiger partial charge is 0.130 e. The van der Waals surface area contributed by atoms with Gasteiger partial charge in [0.15, 0.2) is 0 Å². The Kier molecular flexibility index (Phi) is 4.38. The number of hydrogen-bond acceptors (Lipinski definition) is 1. The van der Waals surface area contributed by atoms with Gasteiger partial charge in [0, 0.05) is 16.5 Å². The zero-order valence-corrected chi connectivity index (χ0v) is 12.5. The van der Waals surface area contributed by atoms with Crippen LogP contribution in [0.4, 0.5) is 4.39 Å². The molecule has 100 valence electrons. The Morgan fingerprint density at radius 1 is 1.16 bits per heavy atom. The number of halogens is 2. The van der Waals surface area contributed by atoms with Crippen molar-refractivity contribution in [3.8, 4) is 0 Å². The van der Waals surface area contributed by atoms with Gasteiger partial charge in [0.05, 0.1) is 6.10 Å². The second-order valence-corrected chi connectivity index (χ2v) is 5.63. The number of benzene rings is 2. The Morgan fingerprint density at radius 2 is 1.89 bits per heavy atom. The quantitative estimate of drug-likeness (QED) is 0.883. The molecule has 19 heavy (non-hydrogen) atoms. The Labute approximate surface area is 121 Å². The van der Waals surface area contributed by atoms with Gasteiger partial charge >= 0.3 is 0 Å². The minimum atomic E-state index is -0.849. The highest BCUT2D eigenvalue weighted by Gasteiger charge is 2.16. The van der Waals surface area contributed by atoms with Crippen molar-refractivity contribution in [3.05, 3.63) is 68.9 Å². The van der Waals surface area contributed by atoms with Crippen LogP contribution in [0.1, 0.15) is 28.4 Å². The van der Waals surface area contributed by atoms with E-state index in [1.165, 1.54) is 17.2 Å². The second kappa shape index (κ2) is 5.85. The monoisotopic (exact) mass is 322 g/mol. The highest BCUT2D eigenvalue weighted by atomic mass is 79.9. The first-order valence-electron chi connectivity index (χ1n) is 6.17. The van der Waals surface area contributed by atoms with E-state index in [0.717, 1.165) is 5.56 Å². The topological polar surface area (TPSA) is 20.2 Å². The molecule has 2 aromatic carbocycles. The van der Waals surface area contributed by atoms with Gasteiger partial charge in [-0.05, 0) is 42.7 Å². The molecular formula is C16H16BrFO. The first kappa shape index (κ1) is 14.2. The molecule has 0 bridgehead atoms. The first-order chi connectivity index (χ1) is 8.99. The van der Waals surface area contributed by atoms with Crippen LogP contribution >= 0.6 is 15.9 Å². The van der Waals surface area contributed by atoms with Crippen LogP contribution in [0.2, 0.25) is 0 Å². The van der Waals surface area contributed by atoms with E-state index < -0.39 is 6.10 Å². The molecule has 1 atom stereocenters. The van der Waals surface area contributed by atoms with Gasteiger partial charge < -0.3 is 5.11 Å². The molecule has 0 aliphatic heterocycles. The maximum absolute atomic E-state index is 13.8. The van der Waals surface area contributed by atoms with Gasteiger partial charge in [0.25, 0.3) is 0 Å². The number of hydrogen-bond donors (Lipinski definition) is 1. The zero-order chi connectivity index (χ0) is 14.0. The van der Waals surface area contributed by atoms with Crippen LogP contribution in [-0.4, -0.2) is 5.11 Å². The third kappa shape index (κ3) is 3.23. The van der Waals surface area contributed by atoms with E-state index in [-0.39, 0.29) is 5.82 Å². The Balaban J connectivity index is 2.25. The van der Waals surface area contributed by atoms with Crippen LogP contribution in [0.15, 0.2) is 40.9 Å². The van der Waals surface area contributed by atoms with Gasteiger partial charge in [-0.2, -0.15) is 0 Å². The van der Waals surface area contributed by atoms with Crippen molar-refractivity contribution in [2.45, 2.75) is 26.4 Å². The van der Waals surface area contributed by atoms with E-state index in [4.69, 9.17) is 0 Å². The van der Waals surface area contributed by atoms with Gasteiger partial charge in [0.2, 0.25) is 0 Å². The number of rotatable bonds is 3. The third-order valence-electron chi connectivity index (χ3n) is 3.33. The molecule has 0 saturated heterocycles. The normalized spacial score (nSPS) is 12.5. The summed E-state index contributed by atoms with van der Waals surface area (Å²) in [4.78, 5) is 0. The molecule has 0 aromatic heterocycles. The SMILES string of the molecule is Cc1ccc(CC(O)c2c(F)cccc2Br)cc1C. The zero-order valence-electron chi connectivity index (χ0n) is 11.0. The van der Waals surface area contributed by atoms with Crippen LogP contribution < -0.4 is 0 Å². The molecule has 0 heterocycles. The maximum Gasteiger partial charge on any atom is 0.130 e. The van der Waals surface area contributed by atoms with Crippen molar-refractivity contribution in [1.82, 2.24) is 0 Å². The Bertz CT molecular complexity index is 575. The van der Waals surface area contributed by atoms with Gasteiger partial charge in [-0.3, -0.25) is 0 Å². The summed E-state index contributed by atoms with van der Waals surface area (Å²) in [6.45, 7) is 4.08. The van der Waals surface area contributed by atoms with Crippen molar-refractivity contribution < 1.29 is 9.50 Å². The molecule has 3 heteroatoms. The lowest BCUT2D eigenvalue weighted by Gasteiger charge is -2.14. The lowest BCUT2D eigenvalue weighted by Crippen LogP contribution is -2.05. The minimum Gasteiger partial charge on any atom is -0.388 e. The van der Waals surface area contributed by atoms with Gasteiger partial charge in [-0.15, -0.1) is 0 Å². The minimum absolute atomic E-state index is 0.320. The Morgan fingerprint density at radius 3 is 2.53 bits per heavy atom. The third-order valence-corrected chi connectivity index (χ3v) is 4.02. The molecule has 0 amide bonds. The van der Waals surface area contributed by atoms with Gasteiger partial charge in [-0.25, -0.2) is 4.39 Å². The number of aliphatic hydroxyl groups is 1. The van der Waals surface area contributed by atoms with Crippen LogP contribution in [0, 0.1) is 19.7 Å². The molecule has 1 N–H and O–H groups in total. The molecule has 2 rings (SSSR count). The summed E-state index contributed by atoms with van der Waals surface area (Å²) in [5.41, 5.74) is 3.72. The van der Waals surface area contributed by atoms with E-state index in [1.807, 2.05) is 32.0 Å². The van der Waals surface area contributed by atoms with Crippen molar-refractivity contribution in [3.63, 3.8) is 0 Å². The molecule has 1 unspecified atom stereocenters. The molecule has 0 aliphatic rings. The van der Waals surface area contributed by atoms with Crippen molar-refractivity contribution in [2.24, 2.45) is 0 Å².